The monoisotopic (exact) mass is 556 g/mol. The van der Waals surface area contributed by atoms with E-state index in [0.29, 0.717) is 0 Å². The van der Waals surface area contributed by atoms with E-state index in [-0.39, 0.29) is 41.6 Å². The molecule has 1 aliphatic rings. The molecule has 0 fully saturated rings. The molecule has 3 aromatic rings. The number of halogens is 3. The van der Waals surface area contributed by atoms with Crippen LogP contribution >= 0.6 is 0 Å². The largest absolute Gasteiger partial charge is 0.491 e. The fourth-order valence-electron chi connectivity index (χ4n) is 3.90. The number of nitrogens with one attached hydrogen (secondary N) is 1. The Morgan fingerprint density at radius 3 is 2.50 bits per heavy atom. The summed E-state index contributed by atoms with van der Waals surface area (Å²) < 4.78 is 82.2. The minimum absolute atomic E-state index is 0.0455. The minimum Gasteiger partial charge on any atom is -0.491 e. The number of aliphatic hydroxyl groups is 1. The number of rotatable bonds is 8. The summed E-state index contributed by atoms with van der Waals surface area (Å²) in [6.07, 6.45) is -2.95. The first-order chi connectivity index (χ1) is 17.8. The normalized spacial score (nSPS) is 17.2. The summed E-state index contributed by atoms with van der Waals surface area (Å²) in [5, 5.41) is 16.6. The first-order valence-electron chi connectivity index (χ1n) is 11.7. The van der Waals surface area contributed by atoms with E-state index in [1.807, 2.05) is 0 Å². The SMILES string of the molecule is Cc1cnc([C@H](OC(C)C)[C@H](C)S(=O)(=O)Nc2nnc3n2[C@@H](CO)COc2ccc(C(F)(F)F)cc2-3)nc1. The van der Waals surface area contributed by atoms with Gasteiger partial charge in [-0.15, -0.1) is 10.2 Å². The maximum atomic E-state index is 13.5. The number of ether oxygens (including phenoxy) is 2. The van der Waals surface area contributed by atoms with Crippen molar-refractivity contribution in [2.75, 3.05) is 17.9 Å². The number of alkyl halides is 3. The molecule has 4 rings (SSSR count). The topological polar surface area (TPSA) is 141 Å². The predicted molar refractivity (Wildman–Crippen MR) is 130 cm³/mol. The lowest BCUT2D eigenvalue weighted by atomic mass is 10.1. The van der Waals surface area contributed by atoms with Crippen molar-refractivity contribution < 1.29 is 36.2 Å². The van der Waals surface area contributed by atoms with Crippen LogP contribution in [0.1, 0.15) is 49.9 Å². The van der Waals surface area contributed by atoms with Crippen molar-refractivity contribution in [2.45, 2.75) is 57.4 Å². The van der Waals surface area contributed by atoms with Gasteiger partial charge in [-0.3, -0.25) is 9.29 Å². The lowest BCUT2D eigenvalue weighted by Gasteiger charge is -2.26. The van der Waals surface area contributed by atoms with Crippen LogP contribution in [0.15, 0.2) is 30.6 Å². The third kappa shape index (κ3) is 5.59. The Hall–Kier alpha value is -3.30. The second-order valence-corrected chi connectivity index (χ2v) is 11.2. The average Bonchev–Trinajstić information content (AvgIpc) is 3.17. The number of sulfonamides is 1. The van der Waals surface area contributed by atoms with Crippen molar-refractivity contribution in [2.24, 2.45) is 0 Å². The number of hydrogen-bond donors (Lipinski definition) is 2. The average molecular weight is 557 g/mol. The first-order valence-corrected chi connectivity index (χ1v) is 13.2. The van der Waals surface area contributed by atoms with Crippen molar-refractivity contribution in [3.8, 4) is 17.1 Å². The molecule has 0 aliphatic carbocycles. The van der Waals surface area contributed by atoms with Crippen LogP contribution in [-0.2, 0) is 20.9 Å². The second kappa shape index (κ2) is 10.5. The van der Waals surface area contributed by atoms with E-state index >= 15 is 0 Å². The third-order valence-corrected chi connectivity index (χ3v) is 7.57. The van der Waals surface area contributed by atoms with E-state index in [1.54, 1.807) is 33.2 Å². The van der Waals surface area contributed by atoms with Crippen molar-refractivity contribution in [3.63, 3.8) is 0 Å². The van der Waals surface area contributed by atoms with Crippen LogP contribution in [0.5, 0.6) is 5.75 Å². The smallest absolute Gasteiger partial charge is 0.416 e. The van der Waals surface area contributed by atoms with E-state index in [0.717, 1.165) is 23.8 Å². The molecular formula is C23H27F3N6O5S. The summed E-state index contributed by atoms with van der Waals surface area (Å²) in [6.45, 7) is 6.00. The number of aliphatic hydroxyl groups excluding tert-OH is 1. The lowest BCUT2D eigenvalue weighted by Crippen LogP contribution is -2.35. The summed E-state index contributed by atoms with van der Waals surface area (Å²) in [5.41, 5.74) is -0.210. The second-order valence-electron chi connectivity index (χ2n) is 9.15. The van der Waals surface area contributed by atoms with Gasteiger partial charge in [0.15, 0.2) is 11.6 Å². The minimum atomic E-state index is -4.63. The van der Waals surface area contributed by atoms with Gasteiger partial charge in [0.2, 0.25) is 16.0 Å². The number of benzene rings is 1. The zero-order valence-corrected chi connectivity index (χ0v) is 21.8. The molecule has 3 atom stereocenters. The zero-order valence-electron chi connectivity index (χ0n) is 21.0. The number of aryl methyl sites for hydroxylation is 1. The predicted octanol–water partition coefficient (Wildman–Crippen LogP) is 3.28. The zero-order chi connectivity index (χ0) is 27.8. The Morgan fingerprint density at radius 1 is 1.21 bits per heavy atom. The molecule has 0 saturated carbocycles. The number of aromatic nitrogens is 5. The van der Waals surface area contributed by atoms with Gasteiger partial charge in [0.05, 0.1) is 29.9 Å². The van der Waals surface area contributed by atoms with Crippen LogP contribution in [-0.4, -0.2) is 62.8 Å². The van der Waals surface area contributed by atoms with Gasteiger partial charge in [0.25, 0.3) is 0 Å². The maximum Gasteiger partial charge on any atom is 0.416 e. The van der Waals surface area contributed by atoms with E-state index in [4.69, 9.17) is 9.47 Å². The van der Waals surface area contributed by atoms with Crippen molar-refractivity contribution in [1.29, 1.82) is 0 Å². The Morgan fingerprint density at radius 2 is 1.89 bits per heavy atom. The highest BCUT2D eigenvalue weighted by molar-refractivity contribution is 7.93. The third-order valence-electron chi connectivity index (χ3n) is 5.87. The standard InChI is InChI=1S/C23H27F3N6O5S/c1-12(2)37-19(20-27-8-13(3)9-28-20)14(4)38(34,35)31-22-30-29-21-17-7-15(23(24,25)26)5-6-18(17)36-11-16(10-33)32(21)22/h5-9,12,14,16,19,33H,10-11H2,1-4H3,(H,30,31)/t14-,16-,19+/m0/s1. The number of anilines is 1. The maximum absolute atomic E-state index is 13.5. The van der Waals surface area contributed by atoms with Crippen LogP contribution in [0.2, 0.25) is 0 Å². The molecule has 0 bridgehead atoms. The molecule has 0 spiro atoms. The van der Waals surface area contributed by atoms with Crippen molar-refractivity contribution >= 4 is 16.0 Å². The van der Waals surface area contributed by atoms with Gasteiger partial charge in [-0.25, -0.2) is 18.4 Å². The van der Waals surface area contributed by atoms with Gasteiger partial charge < -0.3 is 14.6 Å². The van der Waals surface area contributed by atoms with Crippen molar-refractivity contribution in [1.82, 2.24) is 24.7 Å². The highest BCUT2D eigenvalue weighted by atomic mass is 32.2. The molecular weight excluding hydrogens is 529 g/mol. The number of fused-ring (bicyclic) bond motifs is 3. The van der Waals surface area contributed by atoms with Gasteiger partial charge in [-0.1, -0.05) is 0 Å². The fourth-order valence-corrected chi connectivity index (χ4v) is 4.99. The summed E-state index contributed by atoms with van der Waals surface area (Å²) in [5.74, 6) is -0.137. The number of hydrogen-bond acceptors (Lipinski definition) is 9. The Labute approximate surface area is 217 Å². The molecule has 0 saturated heterocycles. The Bertz CT molecular complexity index is 1400. The molecule has 0 radical (unpaired) electrons. The molecule has 11 nitrogen and oxygen atoms in total. The van der Waals surface area contributed by atoms with E-state index in [9.17, 15) is 26.7 Å². The number of nitrogens with zero attached hydrogens (tertiary/aromatic N) is 5. The van der Waals surface area contributed by atoms with E-state index in [1.165, 1.54) is 11.5 Å². The summed E-state index contributed by atoms with van der Waals surface area (Å²) in [4.78, 5) is 8.44. The molecule has 15 heteroatoms. The van der Waals surface area contributed by atoms with E-state index < -0.39 is 45.8 Å². The summed E-state index contributed by atoms with van der Waals surface area (Å²) in [6, 6.07) is 1.97. The first kappa shape index (κ1) is 27.7. The van der Waals surface area contributed by atoms with E-state index in [2.05, 4.69) is 24.9 Å². The highest BCUT2D eigenvalue weighted by Crippen LogP contribution is 2.40. The Balaban J connectivity index is 1.73. The molecule has 38 heavy (non-hydrogen) atoms. The van der Waals surface area contributed by atoms with Crippen LogP contribution in [0.4, 0.5) is 19.1 Å². The van der Waals surface area contributed by atoms with Gasteiger partial charge in [0, 0.05) is 12.4 Å². The summed E-state index contributed by atoms with van der Waals surface area (Å²) in [7, 11) is -4.25. The van der Waals surface area contributed by atoms with Gasteiger partial charge in [-0.05, 0) is 51.5 Å². The Kier molecular flexibility index (Phi) is 7.63. The van der Waals surface area contributed by atoms with Crippen LogP contribution in [0, 0.1) is 6.92 Å². The molecule has 206 valence electrons. The van der Waals surface area contributed by atoms with Crippen molar-refractivity contribution in [3.05, 3.63) is 47.5 Å². The fraction of sp³-hybridized carbons (Fsp3) is 0.478. The molecule has 0 amide bonds. The molecule has 0 unspecified atom stereocenters. The summed E-state index contributed by atoms with van der Waals surface area (Å²) >= 11 is 0. The highest BCUT2D eigenvalue weighted by Gasteiger charge is 2.38. The molecule has 3 heterocycles. The van der Waals surface area contributed by atoms with Gasteiger partial charge >= 0.3 is 6.18 Å². The van der Waals surface area contributed by atoms with Gasteiger partial charge in [-0.2, -0.15) is 13.2 Å². The van der Waals surface area contributed by atoms with Crippen LogP contribution < -0.4 is 9.46 Å². The molecule has 1 aromatic carbocycles. The lowest BCUT2D eigenvalue weighted by molar-refractivity contribution is -0.137. The molecule has 1 aliphatic heterocycles. The van der Waals surface area contributed by atoms with Crippen LogP contribution in [0.25, 0.3) is 11.4 Å². The van der Waals surface area contributed by atoms with Crippen LogP contribution in [0.3, 0.4) is 0 Å². The van der Waals surface area contributed by atoms with Gasteiger partial charge in [0.1, 0.15) is 23.7 Å². The molecule has 2 aromatic heterocycles. The quantitative estimate of drug-likeness (QED) is 0.428. The molecule has 2 N–H and O–H groups in total.